The monoisotopic (exact) mass is 354 g/mol. The average molecular weight is 355 g/mol. The van der Waals surface area contributed by atoms with E-state index in [2.05, 4.69) is 14.8 Å². The number of sulfonamides is 1. The minimum atomic E-state index is -3.59. The lowest BCUT2D eigenvalue weighted by Gasteiger charge is -2.29. The van der Waals surface area contributed by atoms with Crippen molar-refractivity contribution in [1.29, 1.82) is 0 Å². The highest BCUT2D eigenvalue weighted by atomic mass is 35.5. The standard InChI is InChI=1S/C12H18N2O4S2.ClH/c1-8-6-13-4-3-10(8)14-20(16,17)9-5-11(19-7-9)12(15)18-2;/h5,7-8,10,13-14H,3-4,6H2,1-2H3;1H. The van der Waals surface area contributed by atoms with Crippen LogP contribution in [0.15, 0.2) is 16.3 Å². The molecule has 2 N–H and O–H groups in total. The van der Waals surface area contributed by atoms with Crippen LogP contribution in [-0.2, 0) is 14.8 Å². The molecule has 1 aromatic heterocycles. The second kappa shape index (κ2) is 7.55. The van der Waals surface area contributed by atoms with Crippen LogP contribution in [0.2, 0.25) is 0 Å². The molecule has 1 aromatic rings. The summed E-state index contributed by atoms with van der Waals surface area (Å²) in [4.78, 5) is 11.8. The Morgan fingerprint density at radius 3 is 2.86 bits per heavy atom. The van der Waals surface area contributed by atoms with Gasteiger partial charge < -0.3 is 10.1 Å². The number of esters is 1. The number of halogens is 1. The van der Waals surface area contributed by atoms with Gasteiger partial charge in [-0.25, -0.2) is 17.9 Å². The molecule has 0 radical (unpaired) electrons. The molecule has 1 aliphatic rings. The minimum Gasteiger partial charge on any atom is -0.465 e. The van der Waals surface area contributed by atoms with E-state index in [-0.39, 0.29) is 34.1 Å². The number of thiophene rings is 1. The van der Waals surface area contributed by atoms with E-state index in [0.717, 1.165) is 30.8 Å². The highest BCUT2D eigenvalue weighted by Gasteiger charge is 2.27. The highest BCUT2D eigenvalue weighted by molar-refractivity contribution is 7.89. The van der Waals surface area contributed by atoms with Crippen molar-refractivity contribution in [3.05, 3.63) is 16.3 Å². The van der Waals surface area contributed by atoms with Crippen LogP contribution in [0.3, 0.4) is 0 Å². The third-order valence-electron chi connectivity index (χ3n) is 3.36. The summed E-state index contributed by atoms with van der Waals surface area (Å²) >= 11 is 1.07. The lowest BCUT2D eigenvalue weighted by molar-refractivity contribution is 0.0606. The van der Waals surface area contributed by atoms with Crippen molar-refractivity contribution >= 4 is 39.7 Å². The van der Waals surface area contributed by atoms with Crippen molar-refractivity contribution in [2.24, 2.45) is 5.92 Å². The number of rotatable bonds is 4. The Balaban J connectivity index is 0.00000220. The summed E-state index contributed by atoms with van der Waals surface area (Å²) in [6, 6.07) is 1.27. The van der Waals surface area contributed by atoms with Crippen LogP contribution in [-0.4, -0.2) is 40.6 Å². The minimum absolute atomic E-state index is 0. The van der Waals surface area contributed by atoms with E-state index in [1.807, 2.05) is 6.92 Å². The molecular weight excluding hydrogens is 336 g/mol. The Hall–Kier alpha value is -0.670. The van der Waals surface area contributed by atoms with Gasteiger partial charge in [-0.15, -0.1) is 23.7 Å². The molecule has 1 saturated heterocycles. The van der Waals surface area contributed by atoms with Crippen LogP contribution in [0.25, 0.3) is 0 Å². The SMILES string of the molecule is COC(=O)c1cc(S(=O)(=O)NC2CCNCC2C)cs1.Cl. The molecule has 1 aliphatic heterocycles. The number of hydrogen-bond donors (Lipinski definition) is 2. The van der Waals surface area contributed by atoms with E-state index in [9.17, 15) is 13.2 Å². The molecule has 120 valence electrons. The summed E-state index contributed by atoms with van der Waals surface area (Å²) in [7, 11) is -2.32. The smallest absolute Gasteiger partial charge is 0.348 e. The van der Waals surface area contributed by atoms with Crippen LogP contribution < -0.4 is 10.0 Å². The Bertz CT molecular complexity index is 588. The third-order valence-corrected chi connectivity index (χ3v) is 5.89. The van der Waals surface area contributed by atoms with Gasteiger partial charge in [-0.3, -0.25) is 0 Å². The van der Waals surface area contributed by atoms with Gasteiger partial charge in [-0.1, -0.05) is 6.92 Å². The third kappa shape index (κ3) is 4.40. The average Bonchev–Trinajstić information content (AvgIpc) is 2.91. The van der Waals surface area contributed by atoms with Crippen molar-refractivity contribution in [3.8, 4) is 0 Å². The number of carbonyl (C=O) groups excluding carboxylic acids is 1. The van der Waals surface area contributed by atoms with Crippen LogP contribution in [0.5, 0.6) is 0 Å². The van der Waals surface area contributed by atoms with Gasteiger partial charge in [0, 0.05) is 11.4 Å². The number of piperidine rings is 1. The van der Waals surface area contributed by atoms with E-state index in [0.29, 0.717) is 0 Å². The van der Waals surface area contributed by atoms with Gasteiger partial charge in [0.15, 0.2) is 0 Å². The summed E-state index contributed by atoms with van der Waals surface area (Å²) in [5.74, 6) is -0.288. The summed E-state index contributed by atoms with van der Waals surface area (Å²) in [5, 5.41) is 4.68. The molecule has 6 nitrogen and oxygen atoms in total. The molecule has 2 unspecified atom stereocenters. The van der Waals surface area contributed by atoms with Gasteiger partial charge in [-0.05, 0) is 31.5 Å². The van der Waals surface area contributed by atoms with Gasteiger partial charge >= 0.3 is 5.97 Å². The molecule has 21 heavy (non-hydrogen) atoms. The second-order valence-corrected chi connectivity index (χ2v) is 7.46. The molecule has 9 heteroatoms. The maximum Gasteiger partial charge on any atom is 0.348 e. The van der Waals surface area contributed by atoms with E-state index in [1.54, 1.807) is 0 Å². The molecule has 0 saturated carbocycles. The molecular formula is C12H19ClN2O4S2. The van der Waals surface area contributed by atoms with Gasteiger partial charge in [0.2, 0.25) is 10.0 Å². The molecule has 0 bridgehead atoms. The van der Waals surface area contributed by atoms with Crippen LogP contribution in [0.4, 0.5) is 0 Å². The predicted molar refractivity (Wildman–Crippen MR) is 83.7 cm³/mol. The lowest BCUT2D eigenvalue weighted by atomic mass is 9.97. The number of carbonyl (C=O) groups is 1. The van der Waals surface area contributed by atoms with Crippen molar-refractivity contribution in [2.45, 2.75) is 24.3 Å². The predicted octanol–water partition coefficient (Wildman–Crippen LogP) is 1.23. The number of hydrogen-bond acceptors (Lipinski definition) is 6. The number of nitrogens with one attached hydrogen (secondary N) is 2. The highest BCUT2D eigenvalue weighted by Crippen LogP contribution is 2.21. The largest absolute Gasteiger partial charge is 0.465 e. The number of ether oxygens (including phenoxy) is 1. The van der Waals surface area contributed by atoms with E-state index >= 15 is 0 Å². The summed E-state index contributed by atoms with van der Waals surface area (Å²) in [6.45, 7) is 3.60. The molecule has 0 amide bonds. The summed E-state index contributed by atoms with van der Waals surface area (Å²) in [6.07, 6.45) is 0.758. The summed E-state index contributed by atoms with van der Waals surface area (Å²) in [5.41, 5.74) is 0. The van der Waals surface area contributed by atoms with Crippen LogP contribution in [0.1, 0.15) is 23.0 Å². The van der Waals surface area contributed by atoms with E-state index < -0.39 is 16.0 Å². The first kappa shape index (κ1) is 18.4. The molecule has 0 spiro atoms. The molecule has 2 heterocycles. The first-order valence-electron chi connectivity index (χ1n) is 6.34. The fourth-order valence-corrected chi connectivity index (χ4v) is 4.69. The molecule has 2 rings (SSSR count). The first-order chi connectivity index (χ1) is 9.44. The fraction of sp³-hybridized carbons (Fsp3) is 0.583. The Morgan fingerprint density at radius 2 is 2.24 bits per heavy atom. The zero-order valence-electron chi connectivity index (χ0n) is 11.8. The Kier molecular flexibility index (Phi) is 6.61. The summed E-state index contributed by atoms with van der Waals surface area (Å²) < 4.78 is 31.9. The maximum absolute atomic E-state index is 12.3. The molecule has 0 aliphatic carbocycles. The van der Waals surface area contributed by atoms with Gasteiger partial charge in [0.25, 0.3) is 0 Å². The Morgan fingerprint density at radius 1 is 1.52 bits per heavy atom. The van der Waals surface area contributed by atoms with Gasteiger partial charge in [-0.2, -0.15) is 0 Å². The first-order valence-corrected chi connectivity index (χ1v) is 8.70. The van der Waals surface area contributed by atoms with Crippen molar-refractivity contribution in [3.63, 3.8) is 0 Å². The Labute approximate surface area is 134 Å². The maximum atomic E-state index is 12.3. The molecule has 1 fully saturated rings. The van der Waals surface area contributed by atoms with Crippen LogP contribution in [0, 0.1) is 5.92 Å². The van der Waals surface area contributed by atoms with Gasteiger partial charge in [0.1, 0.15) is 4.88 Å². The van der Waals surface area contributed by atoms with Crippen molar-refractivity contribution in [1.82, 2.24) is 10.0 Å². The van der Waals surface area contributed by atoms with Crippen LogP contribution >= 0.6 is 23.7 Å². The lowest BCUT2D eigenvalue weighted by Crippen LogP contribution is -2.48. The van der Waals surface area contributed by atoms with Crippen molar-refractivity contribution < 1.29 is 17.9 Å². The normalized spacial score (nSPS) is 22.4. The van der Waals surface area contributed by atoms with Gasteiger partial charge in [0.05, 0.1) is 12.0 Å². The molecule has 0 aromatic carbocycles. The zero-order valence-corrected chi connectivity index (χ0v) is 14.2. The molecule has 2 atom stereocenters. The zero-order chi connectivity index (χ0) is 14.8. The quantitative estimate of drug-likeness (QED) is 0.794. The fourth-order valence-electron chi connectivity index (χ4n) is 2.12. The second-order valence-electron chi connectivity index (χ2n) is 4.84. The number of methoxy groups -OCH3 is 1. The van der Waals surface area contributed by atoms with E-state index in [4.69, 9.17) is 0 Å². The van der Waals surface area contributed by atoms with E-state index in [1.165, 1.54) is 18.6 Å². The van der Waals surface area contributed by atoms with Crippen molar-refractivity contribution in [2.75, 3.05) is 20.2 Å². The topological polar surface area (TPSA) is 84.5 Å².